The third-order valence-electron chi connectivity index (χ3n) is 5.22. The van der Waals surface area contributed by atoms with Crippen molar-refractivity contribution in [2.45, 2.75) is 50.1 Å². The molecule has 108 valence electrons. The summed E-state index contributed by atoms with van der Waals surface area (Å²) in [7, 11) is 0. The summed E-state index contributed by atoms with van der Waals surface area (Å²) in [5.41, 5.74) is 3.02. The molecule has 2 saturated carbocycles. The van der Waals surface area contributed by atoms with Crippen molar-refractivity contribution in [1.29, 1.82) is 0 Å². The second kappa shape index (κ2) is 4.41. The van der Waals surface area contributed by atoms with Gasteiger partial charge in [0.15, 0.2) is 0 Å². The molecule has 2 aromatic rings. The Kier molecular flexibility index (Phi) is 2.50. The summed E-state index contributed by atoms with van der Waals surface area (Å²) in [6.45, 7) is 0.719. The van der Waals surface area contributed by atoms with Crippen LogP contribution >= 0.6 is 0 Å². The van der Waals surface area contributed by atoms with E-state index in [1.807, 2.05) is 0 Å². The van der Waals surface area contributed by atoms with Gasteiger partial charge in [-0.2, -0.15) is 0 Å². The van der Waals surface area contributed by atoms with Crippen molar-refractivity contribution in [2.24, 2.45) is 5.92 Å². The van der Waals surface area contributed by atoms with E-state index < -0.39 is 0 Å². The largest absolute Gasteiger partial charge is 0.424 e. The molecule has 1 N–H and O–H groups in total. The number of nitrogens with zero attached hydrogens (tertiary/aromatic N) is 2. The molecule has 0 saturated heterocycles. The minimum Gasteiger partial charge on any atom is -0.424 e. The summed E-state index contributed by atoms with van der Waals surface area (Å²) >= 11 is 0. The SMILES string of the molecule is c1ccc2c(c1)CCC1C(c3nnc(CNC4CC4)o3)C21. The average Bonchev–Trinajstić information content (AvgIpc) is 3.43. The van der Waals surface area contributed by atoms with Gasteiger partial charge in [0.1, 0.15) is 0 Å². The van der Waals surface area contributed by atoms with Crippen LogP contribution in [0, 0.1) is 5.92 Å². The number of fused-ring (bicyclic) bond motifs is 3. The average molecular weight is 281 g/mol. The van der Waals surface area contributed by atoms with Gasteiger partial charge in [0, 0.05) is 12.0 Å². The summed E-state index contributed by atoms with van der Waals surface area (Å²) in [6, 6.07) is 9.51. The molecule has 0 radical (unpaired) electrons. The van der Waals surface area contributed by atoms with E-state index in [1.165, 1.54) is 36.8 Å². The van der Waals surface area contributed by atoms with E-state index in [-0.39, 0.29) is 0 Å². The van der Waals surface area contributed by atoms with E-state index in [0.29, 0.717) is 23.8 Å². The molecular formula is C17H19N3O. The Bertz CT molecular complexity index is 676. The Morgan fingerprint density at radius 1 is 1.10 bits per heavy atom. The highest BCUT2D eigenvalue weighted by Gasteiger charge is 2.56. The number of nitrogens with one attached hydrogen (secondary N) is 1. The van der Waals surface area contributed by atoms with E-state index in [1.54, 1.807) is 0 Å². The normalized spacial score (nSPS) is 29.8. The first-order chi connectivity index (χ1) is 10.4. The summed E-state index contributed by atoms with van der Waals surface area (Å²) < 4.78 is 5.91. The summed E-state index contributed by atoms with van der Waals surface area (Å²) in [6.07, 6.45) is 5.01. The topological polar surface area (TPSA) is 51.0 Å². The fraction of sp³-hybridized carbons (Fsp3) is 0.529. The minimum absolute atomic E-state index is 0.454. The second-order valence-corrected chi connectivity index (χ2v) is 6.64. The highest BCUT2D eigenvalue weighted by Crippen LogP contribution is 2.64. The molecule has 3 aliphatic rings. The van der Waals surface area contributed by atoms with Gasteiger partial charge in [0.2, 0.25) is 11.8 Å². The maximum atomic E-state index is 5.91. The Morgan fingerprint density at radius 3 is 2.90 bits per heavy atom. The van der Waals surface area contributed by atoms with Crippen LogP contribution in [-0.4, -0.2) is 16.2 Å². The summed E-state index contributed by atoms with van der Waals surface area (Å²) in [5, 5.41) is 12.0. The lowest BCUT2D eigenvalue weighted by molar-refractivity contribution is 0.426. The number of aromatic nitrogens is 2. The van der Waals surface area contributed by atoms with Gasteiger partial charge in [-0.05, 0) is 48.6 Å². The Balaban J connectivity index is 1.35. The second-order valence-electron chi connectivity index (χ2n) is 6.64. The molecule has 1 aromatic carbocycles. The first-order valence-corrected chi connectivity index (χ1v) is 8.03. The monoisotopic (exact) mass is 281 g/mol. The molecule has 5 rings (SSSR count). The third-order valence-corrected chi connectivity index (χ3v) is 5.22. The van der Waals surface area contributed by atoms with Gasteiger partial charge >= 0.3 is 0 Å². The standard InChI is InChI=1S/C17H19N3O/c1-2-4-12-10(3-1)5-8-13-15(12)16(13)17-20-19-14(21-17)9-18-11-6-7-11/h1-4,11,13,15-16,18H,5-9H2. The van der Waals surface area contributed by atoms with Crippen molar-refractivity contribution in [2.75, 3.05) is 0 Å². The Labute approximate surface area is 124 Å². The third kappa shape index (κ3) is 2.01. The lowest BCUT2D eigenvalue weighted by Crippen LogP contribution is -2.15. The fourth-order valence-corrected chi connectivity index (χ4v) is 3.89. The molecular weight excluding hydrogens is 262 g/mol. The number of benzene rings is 1. The quantitative estimate of drug-likeness (QED) is 0.936. The zero-order chi connectivity index (χ0) is 13.8. The van der Waals surface area contributed by atoms with Gasteiger partial charge in [0.05, 0.1) is 6.54 Å². The van der Waals surface area contributed by atoms with Crippen LogP contribution in [0.25, 0.3) is 0 Å². The molecule has 1 aromatic heterocycles. The maximum absolute atomic E-state index is 5.91. The van der Waals surface area contributed by atoms with Gasteiger partial charge < -0.3 is 9.73 Å². The predicted octanol–water partition coefficient (Wildman–Crippen LogP) is 2.77. The van der Waals surface area contributed by atoms with Crippen LogP contribution in [0.1, 0.15) is 54.0 Å². The van der Waals surface area contributed by atoms with Gasteiger partial charge in [-0.1, -0.05) is 24.3 Å². The van der Waals surface area contributed by atoms with Crippen molar-refractivity contribution in [1.82, 2.24) is 15.5 Å². The smallest absolute Gasteiger partial charge is 0.230 e. The molecule has 0 spiro atoms. The molecule has 3 unspecified atom stereocenters. The summed E-state index contributed by atoms with van der Waals surface area (Å²) in [4.78, 5) is 0. The first kappa shape index (κ1) is 11.9. The van der Waals surface area contributed by atoms with E-state index in [9.17, 15) is 0 Å². The molecule has 0 aliphatic heterocycles. The molecule has 4 nitrogen and oxygen atoms in total. The van der Waals surface area contributed by atoms with E-state index in [0.717, 1.165) is 18.3 Å². The minimum atomic E-state index is 0.454. The maximum Gasteiger partial charge on any atom is 0.230 e. The lowest BCUT2D eigenvalue weighted by atomic mass is 9.92. The molecule has 3 atom stereocenters. The highest BCUT2D eigenvalue weighted by molar-refractivity contribution is 5.42. The molecule has 21 heavy (non-hydrogen) atoms. The number of aryl methyl sites for hydroxylation is 1. The van der Waals surface area contributed by atoms with Gasteiger partial charge in [-0.15, -0.1) is 10.2 Å². The van der Waals surface area contributed by atoms with Crippen LogP contribution in [0.3, 0.4) is 0 Å². The Hall–Kier alpha value is -1.68. The molecule has 2 fully saturated rings. The molecule has 0 bridgehead atoms. The van der Waals surface area contributed by atoms with Crippen molar-refractivity contribution in [3.05, 3.63) is 47.2 Å². The lowest BCUT2D eigenvalue weighted by Gasteiger charge is -2.13. The number of rotatable bonds is 4. The van der Waals surface area contributed by atoms with Crippen molar-refractivity contribution in [3.63, 3.8) is 0 Å². The zero-order valence-electron chi connectivity index (χ0n) is 12.0. The molecule has 1 heterocycles. The van der Waals surface area contributed by atoms with Crippen LogP contribution in [0.2, 0.25) is 0 Å². The number of hydrogen-bond donors (Lipinski definition) is 1. The first-order valence-electron chi connectivity index (χ1n) is 8.03. The number of hydrogen-bond acceptors (Lipinski definition) is 4. The van der Waals surface area contributed by atoms with Gasteiger partial charge in [-0.25, -0.2) is 0 Å². The zero-order valence-corrected chi connectivity index (χ0v) is 12.0. The Morgan fingerprint density at radius 2 is 2.00 bits per heavy atom. The molecule has 4 heteroatoms. The van der Waals surface area contributed by atoms with Crippen LogP contribution in [0.15, 0.2) is 28.7 Å². The van der Waals surface area contributed by atoms with Gasteiger partial charge in [-0.3, -0.25) is 0 Å². The summed E-state index contributed by atoms with van der Waals surface area (Å²) in [5.74, 6) is 3.38. The van der Waals surface area contributed by atoms with E-state index >= 15 is 0 Å². The molecule has 0 amide bonds. The van der Waals surface area contributed by atoms with Crippen LogP contribution in [0.4, 0.5) is 0 Å². The predicted molar refractivity (Wildman–Crippen MR) is 77.9 cm³/mol. The van der Waals surface area contributed by atoms with Crippen molar-refractivity contribution < 1.29 is 4.42 Å². The van der Waals surface area contributed by atoms with Crippen molar-refractivity contribution in [3.8, 4) is 0 Å². The van der Waals surface area contributed by atoms with Crippen LogP contribution < -0.4 is 5.32 Å². The van der Waals surface area contributed by atoms with Crippen LogP contribution in [0.5, 0.6) is 0 Å². The fourth-order valence-electron chi connectivity index (χ4n) is 3.89. The van der Waals surface area contributed by atoms with E-state index in [4.69, 9.17) is 4.42 Å². The molecule has 3 aliphatic carbocycles. The van der Waals surface area contributed by atoms with Gasteiger partial charge in [0.25, 0.3) is 0 Å². The highest BCUT2D eigenvalue weighted by atomic mass is 16.4. The van der Waals surface area contributed by atoms with Crippen LogP contribution in [-0.2, 0) is 13.0 Å². The van der Waals surface area contributed by atoms with Crippen molar-refractivity contribution >= 4 is 0 Å². The van der Waals surface area contributed by atoms with E-state index in [2.05, 4.69) is 39.8 Å².